The number of nitrogens with zero attached hydrogens (tertiary/aromatic N) is 4. The zero-order valence-corrected chi connectivity index (χ0v) is 14.1. The predicted octanol–water partition coefficient (Wildman–Crippen LogP) is 0.995. The van der Waals surface area contributed by atoms with Gasteiger partial charge in [-0.25, -0.2) is 4.99 Å². The largest absolute Gasteiger partial charge is 0.385 e. The number of hydrogen-bond acceptors (Lipinski definition) is 4. The molecule has 2 N–H and O–H groups in total. The summed E-state index contributed by atoms with van der Waals surface area (Å²) in [4.78, 5) is 4.61. The second-order valence-corrected chi connectivity index (χ2v) is 6.01. The van der Waals surface area contributed by atoms with Gasteiger partial charge in [-0.15, -0.1) is 10.2 Å². The van der Waals surface area contributed by atoms with Gasteiger partial charge in [-0.1, -0.05) is 0 Å². The molecule has 1 aromatic heterocycles. The van der Waals surface area contributed by atoms with Gasteiger partial charge in [0.1, 0.15) is 12.4 Å². The quantitative estimate of drug-likeness (QED) is 0.553. The minimum Gasteiger partial charge on any atom is -0.385 e. The third-order valence-corrected chi connectivity index (χ3v) is 4.33. The minimum absolute atomic E-state index is 0.396. The van der Waals surface area contributed by atoms with E-state index in [1.54, 1.807) is 7.11 Å². The smallest absolute Gasteiger partial charge is 0.191 e. The van der Waals surface area contributed by atoms with Crippen molar-refractivity contribution in [3.05, 3.63) is 11.6 Å². The molecule has 2 rings (SSSR count). The van der Waals surface area contributed by atoms with E-state index in [1.807, 2.05) is 18.5 Å². The van der Waals surface area contributed by atoms with Crippen molar-refractivity contribution >= 4 is 5.96 Å². The maximum atomic E-state index is 5.20. The lowest BCUT2D eigenvalue weighted by Gasteiger charge is -2.18. The molecule has 0 spiro atoms. The van der Waals surface area contributed by atoms with Crippen LogP contribution in [0, 0.1) is 12.3 Å². The number of ether oxygens (including phenoxy) is 1. The Morgan fingerprint density at radius 3 is 2.68 bits per heavy atom. The summed E-state index contributed by atoms with van der Waals surface area (Å²) in [6, 6.07) is 0. The summed E-state index contributed by atoms with van der Waals surface area (Å²) in [5, 5.41) is 14.9. The molecular formula is C15H28N6O. The third kappa shape index (κ3) is 4.43. The van der Waals surface area contributed by atoms with Gasteiger partial charge in [-0.05, 0) is 38.5 Å². The van der Waals surface area contributed by atoms with Crippen LogP contribution in [0.15, 0.2) is 4.99 Å². The van der Waals surface area contributed by atoms with E-state index in [4.69, 9.17) is 4.74 Å². The van der Waals surface area contributed by atoms with Crippen LogP contribution >= 0.6 is 0 Å². The first-order valence-corrected chi connectivity index (χ1v) is 7.96. The van der Waals surface area contributed by atoms with E-state index in [0.717, 1.165) is 43.7 Å². The number of aryl methyl sites for hydroxylation is 1. The number of rotatable bonds is 8. The molecule has 1 heterocycles. The van der Waals surface area contributed by atoms with Gasteiger partial charge < -0.3 is 19.9 Å². The van der Waals surface area contributed by atoms with Gasteiger partial charge in [0.15, 0.2) is 11.8 Å². The molecule has 0 saturated heterocycles. The summed E-state index contributed by atoms with van der Waals surface area (Å²) in [6.45, 7) is 7.15. The zero-order chi connectivity index (χ0) is 16.0. The van der Waals surface area contributed by atoms with Gasteiger partial charge in [0.25, 0.3) is 0 Å². The van der Waals surface area contributed by atoms with E-state index >= 15 is 0 Å². The van der Waals surface area contributed by atoms with Crippen molar-refractivity contribution in [3.8, 4) is 0 Å². The fourth-order valence-corrected chi connectivity index (χ4v) is 2.36. The molecule has 1 aromatic rings. The maximum absolute atomic E-state index is 5.20. The molecule has 124 valence electrons. The molecule has 0 aliphatic heterocycles. The summed E-state index contributed by atoms with van der Waals surface area (Å²) in [6.07, 6.45) is 3.65. The van der Waals surface area contributed by atoms with E-state index in [9.17, 15) is 0 Å². The van der Waals surface area contributed by atoms with Gasteiger partial charge in [-0.2, -0.15) is 0 Å². The highest BCUT2D eigenvalue weighted by atomic mass is 16.5. The van der Waals surface area contributed by atoms with Crippen LogP contribution in [0.25, 0.3) is 0 Å². The van der Waals surface area contributed by atoms with Crippen molar-refractivity contribution < 1.29 is 4.74 Å². The van der Waals surface area contributed by atoms with Crippen molar-refractivity contribution in [3.63, 3.8) is 0 Å². The Labute approximate surface area is 132 Å². The van der Waals surface area contributed by atoms with Crippen LogP contribution in [0.3, 0.4) is 0 Å². The van der Waals surface area contributed by atoms with Crippen molar-refractivity contribution in [2.75, 3.05) is 26.8 Å². The van der Waals surface area contributed by atoms with E-state index < -0.39 is 0 Å². The van der Waals surface area contributed by atoms with Gasteiger partial charge in [0.2, 0.25) is 0 Å². The number of aliphatic imine (C=N–C) groups is 1. The van der Waals surface area contributed by atoms with Crippen LogP contribution in [0.1, 0.15) is 37.8 Å². The highest BCUT2D eigenvalue weighted by molar-refractivity contribution is 5.79. The fourth-order valence-electron chi connectivity index (χ4n) is 2.36. The molecule has 22 heavy (non-hydrogen) atoms. The highest BCUT2D eigenvalue weighted by Crippen LogP contribution is 2.48. The molecule has 0 aromatic carbocycles. The zero-order valence-electron chi connectivity index (χ0n) is 14.1. The summed E-state index contributed by atoms with van der Waals surface area (Å²) >= 11 is 0. The van der Waals surface area contributed by atoms with Gasteiger partial charge >= 0.3 is 0 Å². The molecule has 1 saturated carbocycles. The molecule has 0 unspecified atom stereocenters. The van der Waals surface area contributed by atoms with E-state index in [-0.39, 0.29) is 0 Å². The third-order valence-electron chi connectivity index (χ3n) is 4.33. The molecule has 7 heteroatoms. The Kier molecular flexibility index (Phi) is 5.76. The lowest BCUT2D eigenvalue weighted by molar-refractivity contribution is 0.172. The predicted molar refractivity (Wildman–Crippen MR) is 86.7 cm³/mol. The molecule has 0 bridgehead atoms. The Morgan fingerprint density at radius 2 is 2.14 bits per heavy atom. The molecule has 7 nitrogen and oxygen atoms in total. The molecular weight excluding hydrogens is 280 g/mol. The average Bonchev–Trinajstić information content (AvgIpc) is 3.22. The Hall–Kier alpha value is -1.63. The first-order valence-electron chi connectivity index (χ1n) is 7.96. The van der Waals surface area contributed by atoms with Crippen molar-refractivity contribution in [1.29, 1.82) is 0 Å². The van der Waals surface area contributed by atoms with E-state index in [2.05, 4.69) is 32.7 Å². The molecule has 0 amide bonds. The molecule has 0 radical (unpaired) electrons. The summed E-state index contributed by atoms with van der Waals surface area (Å²) in [5.41, 5.74) is 0.396. The van der Waals surface area contributed by atoms with Crippen LogP contribution in [-0.4, -0.2) is 47.5 Å². The highest BCUT2D eigenvalue weighted by Gasteiger charge is 2.41. The minimum atomic E-state index is 0.396. The number of guanidine groups is 1. The average molecular weight is 308 g/mol. The lowest BCUT2D eigenvalue weighted by Crippen LogP contribution is -2.40. The fraction of sp³-hybridized carbons (Fsp3) is 0.800. The van der Waals surface area contributed by atoms with Crippen LogP contribution in [0.2, 0.25) is 0 Å². The second-order valence-electron chi connectivity index (χ2n) is 6.01. The Morgan fingerprint density at radius 1 is 1.36 bits per heavy atom. The standard InChI is InChI=1S/C15H28N6O/c1-5-16-14(17-10-13-20-19-12(2)21(13)3)18-11-15(6-7-15)8-9-22-4/h5-11H2,1-4H3,(H2,16,17,18). The lowest BCUT2D eigenvalue weighted by atomic mass is 10.0. The second kappa shape index (κ2) is 7.58. The van der Waals surface area contributed by atoms with E-state index in [0.29, 0.717) is 12.0 Å². The molecule has 0 atom stereocenters. The van der Waals surface area contributed by atoms with Crippen LogP contribution < -0.4 is 10.6 Å². The van der Waals surface area contributed by atoms with Crippen LogP contribution in [0.4, 0.5) is 0 Å². The Bertz CT molecular complexity index is 506. The summed E-state index contributed by atoms with van der Waals surface area (Å²) in [7, 11) is 3.72. The first kappa shape index (κ1) is 16.7. The van der Waals surface area contributed by atoms with Crippen molar-refractivity contribution in [2.45, 2.75) is 39.7 Å². The van der Waals surface area contributed by atoms with Crippen LogP contribution in [-0.2, 0) is 18.3 Å². The van der Waals surface area contributed by atoms with Crippen molar-refractivity contribution in [1.82, 2.24) is 25.4 Å². The first-order chi connectivity index (χ1) is 10.6. The monoisotopic (exact) mass is 308 g/mol. The van der Waals surface area contributed by atoms with Gasteiger partial charge in [-0.3, -0.25) is 0 Å². The van der Waals surface area contributed by atoms with Crippen molar-refractivity contribution in [2.24, 2.45) is 17.5 Å². The molecule has 1 aliphatic carbocycles. The molecule has 1 fully saturated rings. The molecule has 1 aliphatic rings. The number of aromatic nitrogens is 3. The normalized spacial score (nSPS) is 16.6. The Balaban J connectivity index is 1.89. The topological polar surface area (TPSA) is 76.4 Å². The van der Waals surface area contributed by atoms with Crippen LogP contribution in [0.5, 0.6) is 0 Å². The summed E-state index contributed by atoms with van der Waals surface area (Å²) < 4.78 is 7.17. The number of methoxy groups -OCH3 is 1. The maximum Gasteiger partial charge on any atom is 0.191 e. The van der Waals surface area contributed by atoms with Gasteiger partial charge in [0, 0.05) is 33.9 Å². The number of nitrogens with one attached hydrogen (secondary N) is 2. The van der Waals surface area contributed by atoms with E-state index in [1.165, 1.54) is 12.8 Å². The number of hydrogen-bond donors (Lipinski definition) is 2. The summed E-state index contributed by atoms with van der Waals surface area (Å²) in [5.74, 6) is 2.61. The van der Waals surface area contributed by atoms with Gasteiger partial charge in [0.05, 0.1) is 0 Å². The SMILES string of the molecule is CCNC(=NCc1nnc(C)n1C)NCC1(CCOC)CC1.